The summed E-state index contributed by atoms with van der Waals surface area (Å²) in [5.41, 5.74) is 2.66. The molecule has 1 unspecified atom stereocenters. The van der Waals surface area contributed by atoms with Crippen LogP contribution in [0.3, 0.4) is 0 Å². The summed E-state index contributed by atoms with van der Waals surface area (Å²) >= 11 is 0. The summed E-state index contributed by atoms with van der Waals surface area (Å²) in [4.78, 5) is 26.7. The molecule has 0 radical (unpaired) electrons. The van der Waals surface area contributed by atoms with E-state index in [4.69, 9.17) is 4.74 Å². The molecule has 0 aliphatic carbocycles. The Balaban J connectivity index is 0.000000984. The second kappa shape index (κ2) is 25.7. The molecule has 8 nitrogen and oxygen atoms in total. The number of amides is 2. The van der Waals surface area contributed by atoms with E-state index in [1.54, 1.807) is 6.92 Å². The molecule has 0 fully saturated rings. The van der Waals surface area contributed by atoms with Crippen molar-refractivity contribution in [1.82, 2.24) is 26.2 Å². The highest BCUT2D eigenvalue weighted by molar-refractivity contribution is 5.88. The number of nitrogens with one attached hydrogen (secondary N) is 4. The average molecular weight is 648 g/mol. The number of hydrogen-bond acceptors (Lipinski definition) is 6. The molecule has 2 aromatic rings. The number of rotatable bonds is 4. The van der Waals surface area contributed by atoms with Crippen LogP contribution < -0.4 is 26.0 Å². The van der Waals surface area contributed by atoms with E-state index >= 15 is 0 Å². The third kappa shape index (κ3) is 18.5. The molecule has 4 N–H and O–H groups in total. The monoisotopic (exact) mass is 647 g/mol. The Morgan fingerprint density at radius 3 is 2.22 bits per heavy atom. The zero-order chi connectivity index (χ0) is 34.9. The maximum atomic E-state index is 13.1. The van der Waals surface area contributed by atoms with E-state index in [2.05, 4.69) is 41.7 Å². The number of likely N-dealkylation sites (N-methyl/N-ethyl adjacent to an activating group) is 1. The summed E-state index contributed by atoms with van der Waals surface area (Å²) in [6.45, 7) is 18.5. The molecule has 0 bridgehead atoms. The van der Waals surface area contributed by atoms with Crippen LogP contribution in [0.15, 0.2) is 48.7 Å². The van der Waals surface area contributed by atoms with Crippen molar-refractivity contribution in [1.29, 1.82) is 0 Å². The second-order valence-corrected chi connectivity index (χ2v) is 11.0. The van der Waals surface area contributed by atoms with Crippen molar-refractivity contribution in [2.24, 2.45) is 0 Å². The van der Waals surface area contributed by atoms with E-state index in [1.165, 1.54) is 18.6 Å². The minimum Gasteiger partial charge on any atom is -0.492 e. The summed E-state index contributed by atoms with van der Waals surface area (Å²) in [7, 11) is 3.74. The first-order chi connectivity index (χ1) is 22.0. The van der Waals surface area contributed by atoms with Crippen LogP contribution in [0.4, 0.5) is 8.78 Å². The molecule has 1 aliphatic rings. The van der Waals surface area contributed by atoms with Crippen molar-refractivity contribution < 1.29 is 23.1 Å². The number of nitrogens with zero attached hydrogens (tertiary/aromatic N) is 1. The molecule has 0 saturated carbocycles. The van der Waals surface area contributed by atoms with Gasteiger partial charge in [0.2, 0.25) is 11.8 Å². The molecule has 10 heteroatoms. The predicted molar refractivity (Wildman–Crippen MR) is 186 cm³/mol. The van der Waals surface area contributed by atoms with Crippen LogP contribution in [0.1, 0.15) is 70.6 Å². The maximum Gasteiger partial charge on any atom is 0.243 e. The van der Waals surface area contributed by atoms with Crippen LogP contribution in [0.5, 0.6) is 5.75 Å². The van der Waals surface area contributed by atoms with E-state index in [0.29, 0.717) is 50.5 Å². The highest BCUT2D eigenvalue weighted by Gasteiger charge is 2.21. The molecule has 3 rings (SSSR count). The Kier molecular flexibility index (Phi) is 23.7. The fourth-order valence-electron chi connectivity index (χ4n) is 4.23. The van der Waals surface area contributed by atoms with Crippen LogP contribution in [-0.2, 0) is 22.4 Å². The fraction of sp³-hybridized carbons (Fsp3) is 0.556. The van der Waals surface area contributed by atoms with Gasteiger partial charge in [-0.3, -0.25) is 9.59 Å². The molecular formula is C36H59F2N5O3. The van der Waals surface area contributed by atoms with Crippen molar-refractivity contribution >= 4 is 11.8 Å². The van der Waals surface area contributed by atoms with Crippen molar-refractivity contribution in [3.63, 3.8) is 0 Å². The lowest BCUT2D eigenvalue weighted by Crippen LogP contribution is -2.53. The molecule has 1 heterocycles. The number of halogens is 2. The number of carbonyl (C=O) groups excluding carboxylic acids is 2. The lowest BCUT2D eigenvalue weighted by atomic mass is 10.1. The number of aryl methyl sites for hydroxylation is 2. The highest BCUT2D eigenvalue weighted by atomic mass is 19.1. The van der Waals surface area contributed by atoms with Crippen LogP contribution in [-0.4, -0.2) is 76.2 Å². The highest BCUT2D eigenvalue weighted by Crippen LogP contribution is 2.19. The normalized spacial score (nSPS) is 16.1. The molecular weight excluding hydrogens is 588 g/mol. The van der Waals surface area contributed by atoms with E-state index in [0.717, 1.165) is 30.6 Å². The number of ether oxygens (including phenoxy) is 1. The van der Waals surface area contributed by atoms with Crippen molar-refractivity contribution in [3.8, 4) is 5.75 Å². The standard InChI is InChI=1S/C21H33N5O3.C10H12F2.C3H8.C2H6/c1-16-13-22-11-12-29-19-9-5-4-7-17(19)8-6-10-23-21(28)18(15-26(2)3)25-20(27)14-24-16;1-3-4-8-9(11)5-7(2)6-10(8)12;1-3-2;1-2/h4-5,7,9,18,22,24H,1,6,8,10-15H2,2-3H3,(H,23,28)(H,25,27);5-6H,3-4H2,1-2H3;3H2,1-2H3;1-2H3. The Labute approximate surface area is 276 Å². The third-order valence-corrected chi connectivity index (χ3v) is 6.25. The molecule has 0 saturated heterocycles. The zero-order valence-corrected chi connectivity index (χ0v) is 29.5. The number of carbonyl (C=O) groups is 2. The molecule has 0 aromatic heterocycles. The second-order valence-electron chi connectivity index (χ2n) is 11.0. The van der Waals surface area contributed by atoms with Gasteiger partial charge in [-0.15, -0.1) is 0 Å². The first-order valence-electron chi connectivity index (χ1n) is 16.5. The van der Waals surface area contributed by atoms with Gasteiger partial charge in [-0.05, 0) is 69.6 Å². The maximum absolute atomic E-state index is 13.1. The van der Waals surface area contributed by atoms with Crippen molar-refractivity contribution in [3.05, 3.63) is 77.0 Å². The molecule has 2 amide bonds. The number of para-hydroxylation sites is 1. The predicted octanol–water partition coefficient (Wildman–Crippen LogP) is 5.54. The first-order valence-corrected chi connectivity index (χ1v) is 16.5. The summed E-state index contributed by atoms with van der Waals surface area (Å²) in [5, 5.41) is 12.0. The zero-order valence-electron chi connectivity index (χ0n) is 29.5. The van der Waals surface area contributed by atoms with Gasteiger partial charge in [0.05, 0.1) is 6.54 Å². The van der Waals surface area contributed by atoms with Gasteiger partial charge in [-0.25, -0.2) is 8.78 Å². The lowest BCUT2D eigenvalue weighted by molar-refractivity contribution is -0.128. The van der Waals surface area contributed by atoms with E-state index < -0.39 is 17.7 Å². The molecule has 260 valence electrons. The number of benzene rings is 2. The van der Waals surface area contributed by atoms with Crippen LogP contribution in [0.25, 0.3) is 0 Å². The third-order valence-electron chi connectivity index (χ3n) is 6.25. The number of hydrogen-bond donors (Lipinski definition) is 4. The summed E-state index contributed by atoms with van der Waals surface area (Å²) in [6, 6.07) is 10.1. The van der Waals surface area contributed by atoms with Gasteiger partial charge in [0.25, 0.3) is 0 Å². The summed E-state index contributed by atoms with van der Waals surface area (Å²) in [5.74, 6) is -0.398. The average Bonchev–Trinajstić information content (AvgIpc) is 3.01. The first kappa shape index (κ1) is 42.5. The van der Waals surface area contributed by atoms with Gasteiger partial charge in [0, 0.05) is 37.4 Å². The summed E-state index contributed by atoms with van der Waals surface area (Å²) < 4.78 is 32.0. The lowest BCUT2D eigenvalue weighted by Gasteiger charge is -2.22. The smallest absolute Gasteiger partial charge is 0.243 e. The Morgan fingerprint density at radius 2 is 1.61 bits per heavy atom. The molecule has 0 spiro atoms. The van der Waals surface area contributed by atoms with Gasteiger partial charge in [-0.2, -0.15) is 0 Å². The molecule has 1 atom stereocenters. The quantitative estimate of drug-likeness (QED) is 0.349. The van der Waals surface area contributed by atoms with Crippen LogP contribution >= 0.6 is 0 Å². The Morgan fingerprint density at radius 1 is 0.978 bits per heavy atom. The minimum atomic E-state index is -0.611. The van der Waals surface area contributed by atoms with Gasteiger partial charge in [-0.1, -0.05) is 72.2 Å². The Bertz CT molecular complexity index is 1140. The van der Waals surface area contributed by atoms with Crippen LogP contribution in [0.2, 0.25) is 0 Å². The largest absolute Gasteiger partial charge is 0.492 e. The van der Waals surface area contributed by atoms with Crippen LogP contribution in [0, 0.1) is 18.6 Å². The number of fused-ring (bicyclic) bond motifs is 1. The molecule has 46 heavy (non-hydrogen) atoms. The van der Waals surface area contributed by atoms with Crippen molar-refractivity contribution in [2.45, 2.75) is 79.7 Å². The van der Waals surface area contributed by atoms with Gasteiger partial charge in [0.15, 0.2) is 0 Å². The topological polar surface area (TPSA) is 94.7 Å². The minimum absolute atomic E-state index is 0.0710. The summed E-state index contributed by atoms with van der Waals surface area (Å²) in [6.07, 6.45) is 4.07. The SMILES string of the molecule is C=C1CNCCOc2ccccc2CCCNC(=O)C(CN(C)C)NC(=O)CN1.CC.CCC.CCCc1c(F)cc(C)cc1F. The van der Waals surface area contributed by atoms with E-state index in [-0.39, 0.29) is 23.9 Å². The van der Waals surface area contributed by atoms with E-state index in [1.807, 2.05) is 64.0 Å². The van der Waals surface area contributed by atoms with Crippen molar-refractivity contribution in [2.75, 3.05) is 53.4 Å². The molecule has 2 aromatic carbocycles. The Hall–Kier alpha value is -3.50. The fourth-order valence-corrected chi connectivity index (χ4v) is 4.23. The van der Waals surface area contributed by atoms with Gasteiger partial charge >= 0.3 is 0 Å². The van der Waals surface area contributed by atoms with E-state index in [9.17, 15) is 18.4 Å². The van der Waals surface area contributed by atoms with Gasteiger partial charge < -0.3 is 30.9 Å². The molecule has 1 aliphatic heterocycles. The van der Waals surface area contributed by atoms with Gasteiger partial charge in [0.1, 0.15) is 30.0 Å².